The van der Waals surface area contributed by atoms with E-state index in [2.05, 4.69) is 45.4 Å². The molecule has 7 nitrogen and oxygen atoms in total. The molecular weight excluding hydrogens is 374 g/mol. The first-order valence-corrected chi connectivity index (χ1v) is 12.8. The Labute approximate surface area is 169 Å². The first-order chi connectivity index (χ1) is 13.1. The average molecular weight is 410 g/mol. The third-order valence-electron chi connectivity index (χ3n) is 5.87. The van der Waals surface area contributed by atoms with Gasteiger partial charge in [0.15, 0.2) is 8.32 Å². The lowest BCUT2D eigenvalue weighted by Gasteiger charge is -2.38. The van der Waals surface area contributed by atoms with Crippen LogP contribution in [-0.4, -0.2) is 59.3 Å². The van der Waals surface area contributed by atoms with Crippen LogP contribution in [0.2, 0.25) is 18.1 Å². The molecule has 0 radical (unpaired) electrons. The number of likely N-dealkylation sites (tertiary alicyclic amines) is 1. The van der Waals surface area contributed by atoms with Crippen LogP contribution < -0.4 is 0 Å². The zero-order valence-electron chi connectivity index (χ0n) is 17.9. The molecule has 2 rings (SSSR count). The van der Waals surface area contributed by atoms with Gasteiger partial charge >= 0.3 is 6.09 Å². The predicted molar refractivity (Wildman–Crippen MR) is 111 cm³/mol. The number of hydrogen-bond acceptors (Lipinski definition) is 5. The summed E-state index contributed by atoms with van der Waals surface area (Å²) < 4.78 is 13.8. The minimum Gasteiger partial charge on any atom is -0.445 e. The van der Waals surface area contributed by atoms with Crippen LogP contribution in [0.15, 0.2) is 25.2 Å². The van der Waals surface area contributed by atoms with Gasteiger partial charge in [0.2, 0.25) is 0 Å². The van der Waals surface area contributed by atoms with Crippen molar-refractivity contribution in [1.82, 2.24) is 14.5 Å². The maximum absolute atomic E-state index is 12.6. The summed E-state index contributed by atoms with van der Waals surface area (Å²) in [6.07, 6.45) is 6.19. The lowest BCUT2D eigenvalue weighted by atomic mass is 10.1. The van der Waals surface area contributed by atoms with E-state index in [1.54, 1.807) is 23.5 Å². The van der Waals surface area contributed by atoms with Crippen LogP contribution in [0.25, 0.3) is 0 Å². The number of aromatic nitrogens is 2. The largest absolute Gasteiger partial charge is 0.445 e. The standard InChI is InChI=1S/C20H35N3O4Si/c1-7-10-26-19(25)23-13-18(27-28(5,6)20(2,3)4)11-16(23)8-9-22-15-21-12-17(22)14-24/h7,12,15-16,18,24H,1,8-11,13-14H2,2-6H3/t16-,18-/m1/s1. The van der Waals surface area contributed by atoms with Gasteiger partial charge < -0.3 is 23.7 Å². The van der Waals surface area contributed by atoms with E-state index in [0.29, 0.717) is 13.1 Å². The Bertz CT molecular complexity index is 669. The third kappa shape index (κ3) is 5.45. The van der Waals surface area contributed by atoms with Gasteiger partial charge in [-0.3, -0.25) is 0 Å². The van der Waals surface area contributed by atoms with E-state index in [1.807, 2.05) is 4.57 Å². The van der Waals surface area contributed by atoms with Gasteiger partial charge in [0, 0.05) is 19.1 Å². The van der Waals surface area contributed by atoms with Gasteiger partial charge in [0.25, 0.3) is 0 Å². The molecule has 1 aromatic rings. The smallest absolute Gasteiger partial charge is 0.410 e. The Morgan fingerprint density at radius 3 is 2.79 bits per heavy atom. The summed E-state index contributed by atoms with van der Waals surface area (Å²) in [6.45, 7) is 16.1. The number of amides is 1. The highest BCUT2D eigenvalue weighted by molar-refractivity contribution is 6.74. The minimum atomic E-state index is -1.92. The molecule has 1 aliphatic heterocycles. The Kier molecular flexibility index (Phi) is 7.47. The van der Waals surface area contributed by atoms with Gasteiger partial charge in [-0.1, -0.05) is 33.4 Å². The van der Waals surface area contributed by atoms with Crippen molar-refractivity contribution in [2.45, 2.75) is 77.0 Å². The fourth-order valence-electron chi connectivity index (χ4n) is 3.23. The number of imidazole rings is 1. The molecule has 0 bridgehead atoms. The highest BCUT2D eigenvalue weighted by Crippen LogP contribution is 2.39. The van der Waals surface area contributed by atoms with Crippen LogP contribution in [0.3, 0.4) is 0 Å². The first-order valence-electron chi connectivity index (χ1n) is 9.91. The number of ether oxygens (including phenoxy) is 1. The number of aliphatic hydroxyl groups is 1. The van der Waals surface area contributed by atoms with Gasteiger partial charge in [-0.25, -0.2) is 9.78 Å². The summed E-state index contributed by atoms with van der Waals surface area (Å²) in [6, 6.07) is 0.0287. The SMILES string of the molecule is C=CCOC(=O)N1C[C@H](O[Si](C)(C)C(C)(C)C)C[C@H]1CCn1cncc1CO. The zero-order chi connectivity index (χ0) is 20.9. The van der Waals surface area contributed by atoms with Crippen molar-refractivity contribution >= 4 is 14.4 Å². The minimum absolute atomic E-state index is 0.0160. The van der Waals surface area contributed by atoms with Gasteiger partial charge in [-0.2, -0.15) is 0 Å². The molecule has 1 aliphatic rings. The van der Waals surface area contributed by atoms with Crippen molar-refractivity contribution in [1.29, 1.82) is 0 Å². The second-order valence-electron chi connectivity index (χ2n) is 8.93. The number of aliphatic hydroxyl groups excluding tert-OH is 1. The van der Waals surface area contributed by atoms with Crippen LogP contribution in [0.5, 0.6) is 0 Å². The molecule has 0 saturated carbocycles. The number of carbonyl (C=O) groups is 1. The molecule has 1 amide bonds. The Hall–Kier alpha value is -1.64. The van der Waals surface area contributed by atoms with Crippen molar-refractivity contribution in [3.63, 3.8) is 0 Å². The van der Waals surface area contributed by atoms with E-state index >= 15 is 0 Å². The lowest BCUT2D eigenvalue weighted by molar-refractivity contribution is 0.101. The summed E-state index contributed by atoms with van der Waals surface area (Å²) in [4.78, 5) is 18.4. The van der Waals surface area contributed by atoms with Crippen molar-refractivity contribution in [2.24, 2.45) is 0 Å². The molecule has 8 heteroatoms. The quantitative estimate of drug-likeness (QED) is 0.525. The maximum Gasteiger partial charge on any atom is 0.410 e. The Morgan fingerprint density at radius 1 is 1.46 bits per heavy atom. The molecule has 1 fully saturated rings. The molecule has 1 N–H and O–H groups in total. The van der Waals surface area contributed by atoms with E-state index in [9.17, 15) is 9.90 Å². The molecule has 0 aliphatic carbocycles. The van der Waals surface area contributed by atoms with E-state index in [0.717, 1.165) is 18.5 Å². The first kappa shape index (κ1) is 22.6. The molecule has 2 atom stereocenters. The van der Waals surface area contributed by atoms with Crippen molar-refractivity contribution < 1.29 is 19.1 Å². The number of nitrogens with zero attached hydrogens (tertiary/aromatic N) is 3. The highest BCUT2D eigenvalue weighted by atomic mass is 28.4. The van der Waals surface area contributed by atoms with E-state index < -0.39 is 8.32 Å². The second kappa shape index (κ2) is 9.24. The number of aryl methyl sites for hydroxylation is 1. The van der Waals surface area contributed by atoms with E-state index in [1.165, 1.54) is 0 Å². The molecule has 2 heterocycles. The monoisotopic (exact) mass is 409 g/mol. The third-order valence-corrected chi connectivity index (χ3v) is 10.4. The molecule has 1 saturated heterocycles. The molecule has 0 aromatic carbocycles. The van der Waals surface area contributed by atoms with Crippen LogP contribution in [0.4, 0.5) is 4.79 Å². The lowest BCUT2D eigenvalue weighted by Crippen LogP contribution is -2.44. The van der Waals surface area contributed by atoms with Crippen LogP contribution >= 0.6 is 0 Å². The van der Waals surface area contributed by atoms with E-state index in [4.69, 9.17) is 9.16 Å². The topological polar surface area (TPSA) is 76.8 Å². The number of hydrogen-bond donors (Lipinski definition) is 1. The van der Waals surface area contributed by atoms with Gasteiger partial charge in [-0.05, 0) is 31.0 Å². The molecule has 158 valence electrons. The second-order valence-corrected chi connectivity index (χ2v) is 13.7. The molecule has 0 spiro atoms. The summed E-state index contributed by atoms with van der Waals surface area (Å²) in [5, 5.41) is 9.53. The summed E-state index contributed by atoms with van der Waals surface area (Å²) in [5.41, 5.74) is 0.771. The van der Waals surface area contributed by atoms with Crippen molar-refractivity contribution in [2.75, 3.05) is 13.2 Å². The fraction of sp³-hybridized carbons (Fsp3) is 0.700. The van der Waals surface area contributed by atoms with Crippen LogP contribution in [0, 0.1) is 0 Å². The summed E-state index contributed by atoms with van der Waals surface area (Å²) in [5.74, 6) is 0. The molecule has 28 heavy (non-hydrogen) atoms. The molecule has 0 unspecified atom stereocenters. The van der Waals surface area contributed by atoms with E-state index in [-0.39, 0.29) is 36.5 Å². The van der Waals surface area contributed by atoms with Gasteiger partial charge in [0.05, 0.1) is 30.9 Å². The van der Waals surface area contributed by atoms with Crippen molar-refractivity contribution in [3.05, 3.63) is 30.9 Å². The molecular formula is C20H35N3O4Si. The van der Waals surface area contributed by atoms with Crippen LogP contribution in [0.1, 0.15) is 39.3 Å². The van der Waals surface area contributed by atoms with Gasteiger partial charge in [-0.15, -0.1) is 0 Å². The number of rotatable bonds is 8. The number of carbonyl (C=O) groups excluding carboxylic acids is 1. The summed E-state index contributed by atoms with van der Waals surface area (Å²) in [7, 11) is -1.92. The predicted octanol–water partition coefficient (Wildman–Crippen LogP) is 3.55. The fourth-order valence-corrected chi connectivity index (χ4v) is 4.59. The highest BCUT2D eigenvalue weighted by Gasteiger charge is 2.43. The normalized spacial score (nSPS) is 20.4. The maximum atomic E-state index is 12.6. The van der Waals surface area contributed by atoms with Crippen LogP contribution in [-0.2, 0) is 22.3 Å². The average Bonchev–Trinajstić information content (AvgIpc) is 3.22. The summed E-state index contributed by atoms with van der Waals surface area (Å²) >= 11 is 0. The zero-order valence-corrected chi connectivity index (χ0v) is 18.9. The van der Waals surface area contributed by atoms with Crippen molar-refractivity contribution in [3.8, 4) is 0 Å². The van der Waals surface area contributed by atoms with Gasteiger partial charge in [0.1, 0.15) is 6.61 Å². The Balaban J connectivity index is 2.08. The Morgan fingerprint density at radius 2 is 2.18 bits per heavy atom. The molecule has 1 aromatic heterocycles.